The first-order valence-corrected chi connectivity index (χ1v) is 10.8. The number of carbonyl (C=O) groups excluding carboxylic acids is 3. The summed E-state index contributed by atoms with van der Waals surface area (Å²) in [5.41, 5.74) is 3.28. The Morgan fingerprint density at radius 2 is 1.70 bits per heavy atom. The van der Waals surface area contributed by atoms with Gasteiger partial charge in [0.15, 0.2) is 0 Å². The molecule has 8 nitrogen and oxygen atoms in total. The van der Waals surface area contributed by atoms with Gasteiger partial charge in [0.1, 0.15) is 5.69 Å². The normalized spacial score (nSPS) is 15.6. The minimum absolute atomic E-state index is 0.0660. The molecule has 1 aromatic heterocycles. The number of amides is 3. The topological polar surface area (TPSA) is 104 Å². The summed E-state index contributed by atoms with van der Waals surface area (Å²) in [6.45, 7) is 5.17. The van der Waals surface area contributed by atoms with Crippen LogP contribution in [0.15, 0.2) is 66.2 Å². The molecule has 3 amide bonds. The van der Waals surface area contributed by atoms with Crippen LogP contribution in [0.2, 0.25) is 0 Å². The summed E-state index contributed by atoms with van der Waals surface area (Å²) >= 11 is 0. The zero-order valence-electron chi connectivity index (χ0n) is 18.2. The van der Waals surface area contributed by atoms with Gasteiger partial charge in [-0.2, -0.15) is 0 Å². The predicted octanol–water partition coefficient (Wildman–Crippen LogP) is 3.16. The fourth-order valence-corrected chi connectivity index (χ4v) is 3.82. The lowest BCUT2D eigenvalue weighted by Crippen LogP contribution is -2.40. The van der Waals surface area contributed by atoms with Crippen molar-refractivity contribution in [2.24, 2.45) is 10.9 Å². The van der Waals surface area contributed by atoms with Crippen LogP contribution in [0.5, 0.6) is 0 Å². The number of carbonyl (C=O) groups is 3. The number of nitrogens with zero attached hydrogens (tertiary/aromatic N) is 3. The highest BCUT2D eigenvalue weighted by Crippen LogP contribution is 2.21. The molecule has 0 unspecified atom stereocenters. The third kappa shape index (κ3) is 5.41. The number of aromatic nitrogens is 1. The highest BCUT2D eigenvalue weighted by atomic mass is 16.2. The second-order valence-corrected chi connectivity index (χ2v) is 7.91. The molecule has 0 radical (unpaired) electrons. The molecule has 0 spiro atoms. The number of anilines is 2. The van der Waals surface area contributed by atoms with E-state index < -0.39 is 0 Å². The van der Waals surface area contributed by atoms with Gasteiger partial charge in [0, 0.05) is 42.2 Å². The molecule has 2 aliphatic rings. The number of likely N-dealkylation sites (tertiary alicyclic amines) is 1. The maximum atomic E-state index is 12.6. The summed E-state index contributed by atoms with van der Waals surface area (Å²) in [6, 6.07) is 12.3. The molecule has 2 aromatic rings. The standard InChI is InChI=1S/C25H25N5O3/c1-2-23(31)30-14-11-17(12-15-30)24(32)27-19-6-8-20(9-7-19)28-25(33)22-5-3-4-21(29-22)18-10-13-26-16-18/h2-10,13,17H,1,11-12,14-16H2,(H,27,32)(H,28,33). The molecule has 0 bridgehead atoms. The minimum atomic E-state index is -0.311. The predicted molar refractivity (Wildman–Crippen MR) is 128 cm³/mol. The van der Waals surface area contributed by atoms with Crippen molar-refractivity contribution >= 4 is 40.9 Å². The zero-order valence-corrected chi connectivity index (χ0v) is 18.2. The molecule has 0 saturated carbocycles. The maximum absolute atomic E-state index is 12.6. The van der Waals surface area contributed by atoms with Crippen molar-refractivity contribution in [3.63, 3.8) is 0 Å². The monoisotopic (exact) mass is 443 g/mol. The summed E-state index contributed by atoms with van der Waals surface area (Å²) in [6.07, 6.45) is 6.16. The van der Waals surface area contributed by atoms with Crippen molar-refractivity contribution in [2.45, 2.75) is 12.8 Å². The minimum Gasteiger partial charge on any atom is -0.339 e. The van der Waals surface area contributed by atoms with E-state index in [0.717, 1.165) is 11.3 Å². The van der Waals surface area contributed by atoms with E-state index >= 15 is 0 Å². The number of nitrogens with one attached hydrogen (secondary N) is 2. The number of hydrogen-bond acceptors (Lipinski definition) is 5. The number of pyridine rings is 1. The third-order valence-electron chi connectivity index (χ3n) is 5.72. The summed E-state index contributed by atoms with van der Waals surface area (Å²) in [5, 5.41) is 5.75. The van der Waals surface area contributed by atoms with Crippen LogP contribution in [-0.4, -0.2) is 53.5 Å². The van der Waals surface area contributed by atoms with Crippen molar-refractivity contribution < 1.29 is 14.4 Å². The first-order valence-electron chi connectivity index (χ1n) is 10.8. The zero-order chi connectivity index (χ0) is 23.2. The maximum Gasteiger partial charge on any atom is 0.274 e. The van der Waals surface area contributed by atoms with Crippen molar-refractivity contribution in [3.8, 4) is 0 Å². The fraction of sp³-hybridized carbons (Fsp3) is 0.240. The van der Waals surface area contributed by atoms with Crippen molar-refractivity contribution in [1.29, 1.82) is 0 Å². The van der Waals surface area contributed by atoms with Gasteiger partial charge in [-0.15, -0.1) is 0 Å². The summed E-state index contributed by atoms with van der Waals surface area (Å²) in [4.78, 5) is 47.2. The quantitative estimate of drug-likeness (QED) is 0.669. The van der Waals surface area contributed by atoms with Crippen LogP contribution in [0.4, 0.5) is 11.4 Å². The SMILES string of the molecule is C=CC(=O)N1CCC(C(=O)Nc2ccc(NC(=O)c3cccc(C4=CC=NC4)n3)cc2)CC1. The average Bonchev–Trinajstić information content (AvgIpc) is 3.40. The van der Waals surface area contributed by atoms with E-state index in [0.29, 0.717) is 49.5 Å². The second kappa shape index (κ2) is 10.0. The number of piperidine rings is 1. The average molecular weight is 444 g/mol. The van der Waals surface area contributed by atoms with E-state index in [-0.39, 0.29) is 23.6 Å². The van der Waals surface area contributed by atoms with Gasteiger partial charge < -0.3 is 15.5 Å². The lowest BCUT2D eigenvalue weighted by molar-refractivity contribution is -0.130. The number of aliphatic imine (C=N–C) groups is 1. The van der Waals surface area contributed by atoms with Gasteiger partial charge in [0.2, 0.25) is 11.8 Å². The summed E-state index contributed by atoms with van der Waals surface area (Å²) in [7, 11) is 0. The molecule has 1 fully saturated rings. The molecule has 1 saturated heterocycles. The second-order valence-electron chi connectivity index (χ2n) is 7.91. The van der Waals surface area contributed by atoms with Crippen molar-refractivity contribution in [1.82, 2.24) is 9.88 Å². The third-order valence-corrected chi connectivity index (χ3v) is 5.72. The van der Waals surface area contributed by atoms with Gasteiger partial charge in [-0.25, -0.2) is 4.98 Å². The van der Waals surface area contributed by atoms with Crippen LogP contribution < -0.4 is 10.6 Å². The Kier molecular flexibility index (Phi) is 6.73. The van der Waals surface area contributed by atoms with Gasteiger partial charge in [-0.05, 0) is 61.4 Å². The molecule has 0 aliphatic carbocycles. The molecule has 168 valence electrons. The van der Waals surface area contributed by atoms with Crippen LogP contribution in [-0.2, 0) is 9.59 Å². The lowest BCUT2D eigenvalue weighted by Gasteiger charge is -2.30. The van der Waals surface area contributed by atoms with Crippen molar-refractivity contribution in [3.05, 3.63) is 72.6 Å². The van der Waals surface area contributed by atoms with Gasteiger partial charge in [0.25, 0.3) is 5.91 Å². The van der Waals surface area contributed by atoms with Gasteiger partial charge >= 0.3 is 0 Å². The van der Waals surface area contributed by atoms with E-state index in [9.17, 15) is 14.4 Å². The van der Waals surface area contributed by atoms with E-state index in [1.165, 1.54) is 6.08 Å². The molecule has 1 aromatic carbocycles. The Labute approximate surface area is 192 Å². The van der Waals surface area contributed by atoms with E-state index in [2.05, 4.69) is 27.2 Å². The number of benzene rings is 1. The van der Waals surface area contributed by atoms with E-state index in [4.69, 9.17) is 0 Å². The molecule has 8 heteroatoms. The number of hydrogen-bond donors (Lipinski definition) is 2. The molecule has 0 atom stereocenters. The highest BCUT2D eigenvalue weighted by Gasteiger charge is 2.26. The summed E-state index contributed by atoms with van der Waals surface area (Å²) in [5.74, 6) is -0.618. The molecule has 3 heterocycles. The molecule has 4 rings (SSSR count). The largest absolute Gasteiger partial charge is 0.339 e. The molecular formula is C25H25N5O3. The van der Waals surface area contributed by atoms with Crippen LogP contribution in [0.1, 0.15) is 29.0 Å². The summed E-state index contributed by atoms with van der Waals surface area (Å²) < 4.78 is 0. The molecule has 2 aliphatic heterocycles. The highest BCUT2D eigenvalue weighted by molar-refractivity contribution is 6.03. The van der Waals surface area contributed by atoms with Crippen molar-refractivity contribution in [2.75, 3.05) is 30.3 Å². The van der Waals surface area contributed by atoms with Crippen LogP contribution >= 0.6 is 0 Å². The van der Waals surface area contributed by atoms with Gasteiger partial charge in [-0.1, -0.05) is 12.6 Å². The molecule has 2 N–H and O–H groups in total. The Morgan fingerprint density at radius 1 is 1.00 bits per heavy atom. The van der Waals surface area contributed by atoms with E-state index in [1.54, 1.807) is 47.5 Å². The number of allylic oxidation sites excluding steroid dienone is 1. The molecule has 33 heavy (non-hydrogen) atoms. The Balaban J connectivity index is 1.31. The fourth-order valence-electron chi connectivity index (χ4n) is 3.82. The number of rotatable bonds is 6. The Morgan fingerprint density at radius 3 is 2.33 bits per heavy atom. The van der Waals surface area contributed by atoms with Gasteiger partial charge in [-0.3, -0.25) is 19.4 Å². The smallest absolute Gasteiger partial charge is 0.274 e. The van der Waals surface area contributed by atoms with Gasteiger partial charge in [0.05, 0.1) is 12.2 Å². The first-order chi connectivity index (χ1) is 16.0. The van der Waals surface area contributed by atoms with Crippen LogP contribution in [0.25, 0.3) is 5.57 Å². The Hall–Kier alpha value is -4.07. The molecular weight excluding hydrogens is 418 g/mol. The van der Waals surface area contributed by atoms with Crippen LogP contribution in [0, 0.1) is 5.92 Å². The Bertz CT molecular complexity index is 1130. The lowest BCUT2D eigenvalue weighted by atomic mass is 9.95. The van der Waals surface area contributed by atoms with Crippen LogP contribution in [0.3, 0.4) is 0 Å². The first kappa shape index (κ1) is 22.1. The van der Waals surface area contributed by atoms with E-state index in [1.807, 2.05) is 12.1 Å².